The maximum absolute atomic E-state index is 12.5. The van der Waals surface area contributed by atoms with Gasteiger partial charge in [0.15, 0.2) is 16.5 Å². The lowest BCUT2D eigenvalue weighted by Crippen LogP contribution is -2.28. The second-order valence-electron chi connectivity index (χ2n) is 7.04. The van der Waals surface area contributed by atoms with Crippen molar-refractivity contribution in [3.05, 3.63) is 52.9 Å². The number of rotatable bonds is 7. The van der Waals surface area contributed by atoms with Gasteiger partial charge in [-0.1, -0.05) is 37.6 Å². The molecular weight excluding hydrogens is 378 g/mol. The number of methoxy groups -OCH3 is 1. The van der Waals surface area contributed by atoms with Gasteiger partial charge >= 0.3 is 0 Å². The van der Waals surface area contributed by atoms with Crippen LogP contribution in [0, 0.1) is 5.92 Å². The number of fused-ring (bicyclic) bond motifs is 1. The Morgan fingerprint density at radius 3 is 2.68 bits per heavy atom. The fourth-order valence-electron chi connectivity index (χ4n) is 2.84. The molecule has 0 aliphatic carbocycles. The summed E-state index contributed by atoms with van der Waals surface area (Å²) in [7, 11) is 3.59. The summed E-state index contributed by atoms with van der Waals surface area (Å²) < 4.78 is 6.70. The maximum Gasteiger partial charge on any atom is 0.271 e. The number of hydrogen-bond acceptors (Lipinski definition) is 5. The van der Waals surface area contributed by atoms with E-state index in [9.17, 15) is 4.79 Å². The van der Waals surface area contributed by atoms with Gasteiger partial charge in [0, 0.05) is 26.2 Å². The van der Waals surface area contributed by atoms with Crippen LogP contribution in [0.15, 0.2) is 36.5 Å². The first-order chi connectivity index (χ1) is 13.4. The lowest BCUT2D eigenvalue weighted by Gasteiger charge is -2.20. The zero-order valence-electron chi connectivity index (χ0n) is 16.4. The molecule has 0 atom stereocenters. The number of nitrogens with one attached hydrogen (secondary N) is 1. The van der Waals surface area contributed by atoms with E-state index in [2.05, 4.69) is 15.4 Å². The number of carbonyl (C=O) groups excluding carboxylic acids is 1. The van der Waals surface area contributed by atoms with Crippen molar-refractivity contribution in [1.29, 1.82) is 0 Å². The zero-order chi connectivity index (χ0) is 20.3. The highest BCUT2D eigenvalue weighted by Crippen LogP contribution is 2.25. The van der Waals surface area contributed by atoms with Crippen LogP contribution in [0.25, 0.3) is 5.65 Å². The second kappa shape index (κ2) is 8.48. The van der Waals surface area contributed by atoms with Gasteiger partial charge in [-0.3, -0.25) is 4.79 Å². The van der Waals surface area contributed by atoms with Gasteiger partial charge in [-0.2, -0.15) is 5.10 Å². The molecule has 2 heterocycles. The van der Waals surface area contributed by atoms with Crippen LogP contribution < -0.4 is 15.0 Å². The summed E-state index contributed by atoms with van der Waals surface area (Å²) in [6, 6.07) is 9.61. The predicted molar refractivity (Wildman–Crippen MR) is 110 cm³/mol. The summed E-state index contributed by atoms with van der Waals surface area (Å²) >= 11 is 6.24. The highest BCUT2D eigenvalue weighted by molar-refractivity contribution is 6.29. The van der Waals surface area contributed by atoms with Crippen LogP contribution in [0.2, 0.25) is 5.15 Å². The molecule has 0 saturated carbocycles. The summed E-state index contributed by atoms with van der Waals surface area (Å²) in [5.74, 6) is 0.941. The van der Waals surface area contributed by atoms with Gasteiger partial charge in [0.1, 0.15) is 5.75 Å². The Hall–Kier alpha value is -2.80. The van der Waals surface area contributed by atoms with Crippen LogP contribution in [0.3, 0.4) is 0 Å². The molecule has 2 aromatic heterocycles. The quantitative estimate of drug-likeness (QED) is 0.656. The molecule has 0 saturated heterocycles. The monoisotopic (exact) mass is 401 g/mol. The number of anilines is 1. The Morgan fingerprint density at radius 1 is 1.32 bits per heavy atom. The molecule has 3 aromatic rings. The van der Waals surface area contributed by atoms with E-state index in [4.69, 9.17) is 16.3 Å². The number of aromatic nitrogens is 3. The van der Waals surface area contributed by atoms with E-state index in [1.165, 1.54) is 10.7 Å². The van der Waals surface area contributed by atoms with Gasteiger partial charge in [0.2, 0.25) is 0 Å². The molecule has 28 heavy (non-hydrogen) atoms. The molecular formula is C20H24ClN5O2. The zero-order valence-corrected chi connectivity index (χ0v) is 17.2. The Kier molecular flexibility index (Phi) is 6.04. The van der Waals surface area contributed by atoms with Gasteiger partial charge in [-0.25, -0.2) is 9.50 Å². The van der Waals surface area contributed by atoms with E-state index in [1.807, 2.05) is 50.1 Å². The molecule has 3 rings (SSSR count). The van der Waals surface area contributed by atoms with Crippen LogP contribution in [-0.4, -0.2) is 41.2 Å². The predicted octanol–water partition coefficient (Wildman–Crippen LogP) is 3.41. The molecule has 0 fully saturated rings. The Balaban J connectivity index is 1.89. The molecule has 0 aliphatic rings. The lowest BCUT2D eigenvalue weighted by atomic mass is 10.2. The van der Waals surface area contributed by atoms with E-state index in [0.29, 0.717) is 35.5 Å². The van der Waals surface area contributed by atoms with E-state index in [0.717, 1.165) is 17.0 Å². The minimum atomic E-state index is -0.222. The molecule has 1 N–H and O–H groups in total. The average molecular weight is 402 g/mol. The highest BCUT2D eigenvalue weighted by atomic mass is 35.5. The molecule has 148 valence electrons. The topological polar surface area (TPSA) is 71.8 Å². The van der Waals surface area contributed by atoms with E-state index in [1.54, 1.807) is 13.2 Å². The van der Waals surface area contributed by atoms with Gasteiger partial charge in [-0.15, -0.1) is 0 Å². The average Bonchev–Trinajstić information content (AvgIpc) is 3.09. The summed E-state index contributed by atoms with van der Waals surface area (Å²) in [5.41, 5.74) is 2.84. The maximum atomic E-state index is 12.5. The third kappa shape index (κ3) is 4.36. The fourth-order valence-corrected chi connectivity index (χ4v) is 3.02. The number of amides is 1. The lowest BCUT2D eigenvalue weighted by molar-refractivity contribution is 0.0942. The molecule has 0 radical (unpaired) electrons. The molecule has 0 bridgehead atoms. The molecule has 8 heteroatoms. The van der Waals surface area contributed by atoms with E-state index >= 15 is 0 Å². The van der Waals surface area contributed by atoms with Gasteiger partial charge in [-0.05, 0) is 23.6 Å². The van der Waals surface area contributed by atoms with Crippen molar-refractivity contribution in [2.24, 2.45) is 5.92 Å². The number of nitrogens with zero attached hydrogens (tertiary/aromatic N) is 4. The summed E-state index contributed by atoms with van der Waals surface area (Å²) in [6.07, 6.45) is 1.53. The van der Waals surface area contributed by atoms with Gasteiger partial charge in [0.25, 0.3) is 5.91 Å². The van der Waals surface area contributed by atoms with Crippen LogP contribution >= 0.6 is 11.6 Å². The summed E-state index contributed by atoms with van der Waals surface area (Å²) in [4.78, 5) is 18.9. The minimum Gasteiger partial charge on any atom is -0.497 e. The summed E-state index contributed by atoms with van der Waals surface area (Å²) in [5, 5.41) is 7.45. The third-order valence-electron chi connectivity index (χ3n) is 4.31. The second-order valence-corrected chi connectivity index (χ2v) is 7.43. The van der Waals surface area contributed by atoms with Crippen molar-refractivity contribution in [3.8, 4) is 5.75 Å². The number of hydrogen-bond donors (Lipinski definition) is 1. The van der Waals surface area contributed by atoms with Crippen molar-refractivity contribution in [2.45, 2.75) is 20.4 Å². The van der Waals surface area contributed by atoms with Crippen LogP contribution in [-0.2, 0) is 6.54 Å². The number of benzene rings is 1. The number of imidazole rings is 1. The van der Waals surface area contributed by atoms with Crippen LogP contribution in [0.4, 0.5) is 5.69 Å². The number of ether oxygens (including phenoxy) is 1. The Morgan fingerprint density at radius 2 is 2.04 bits per heavy atom. The van der Waals surface area contributed by atoms with Gasteiger partial charge in [0.05, 0.1) is 19.0 Å². The third-order valence-corrected chi connectivity index (χ3v) is 4.50. The molecule has 0 aliphatic heterocycles. The molecule has 1 aromatic carbocycles. The Bertz CT molecular complexity index is 969. The van der Waals surface area contributed by atoms with Crippen LogP contribution in [0.5, 0.6) is 5.75 Å². The van der Waals surface area contributed by atoms with Crippen molar-refractivity contribution in [3.63, 3.8) is 0 Å². The highest BCUT2D eigenvalue weighted by Gasteiger charge is 2.18. The van der Waals surface area contributed by atoms with E-state index in [-0.39, 0.29) is 5.91 Å². The summed E-state index contributed by atoms with van der Waals surface area (Å²) in [6.45, 7) is 5.30. The molecule has 0 unspecified atom stereocenters. The van der Waals surface area contributed by atoms with Crippen molar-refractivity contribution in [2.75, 3.05) is 25.6 Å². The first kappa shape index (κ1) is 19.9. The standard InChI is InChI=1S/C20H24ClN5O2/c1-13(2)10-23-20(27)17-11-22-19-16(9-18(21)24-26(17)19)25(3)12-14-5-7-15(28-4)8-6-14/h5-9,11,13H,10,12H2,1-4H3,(H,23,27). The molecule has 0 spiro atoms. The Labute approximate surface area is 169 Å². The van der Waals surface area contributed by atoms with Crippen molar-refractivity contribution < 1.29 is 9.53 Å². The number of carbonyl (C=O) groups is 1. The smallest absolute Gasteiger partial charge is 0.271 e. The fraction of sp³-hybridized carbons (Fsp3) is 0.350. The van der Waals surface area contributed by atoms with Crippen molar-refractivity contribution in [1.82, 2.24) is 19.9 Å². The molecule has 7 nitrogen and oxygen atoms in total. The van der Waals surface area contributed by atoms with Gasteiger partial charge < -0.3 is 15.0 Å². The number of halogens is 1. The van der Waals surface area contributed by atoms with E-state index < -0.39 is 0 Å². The largest absolute Gasteiger partial charge is 0.497 e. The minimum absolute atomic E-state index is 0.222. The molecule has 1 amide bonds. The van der Waals surface area contributed by atoms with Crippen molar-refractivity contribution >= 4 is 28.8 Å². The van der Waals surface area contributed by atoms with Crippen LogP contribution in [0.1, 0.15) is 29.9 Å². The SMILES string of the molecule is COc1ccc(CN(C)c2cc(Cl)nn3c(C(=O)NCC(C)C)cnc23)cc1. The normalized spacial score (nSPS) is 11.1. The first-order valence-corrected chi connectivity index (χ1v) is 9.43. The first-order valence-electron chi connectivity index (χ1n) is 9.05.